The number of hydrogen-bond donors (Lipinski definition) is 1. The summed E-state index contributed by atoms with van der Waals surface area (Å²) in [7, 11) is 1.80. The number of nitrogens with one attached hydrogen (secondary N) is 1. The number of methoxy groups -OCH3 is 1. The lowest BCUT2D eigenvalue weighted by molar-refractivity contribution is 0.00509. The first-order valence-corrected chi connectivity index (χ1v) is 6.16. The average Bonchev–Trinajstić information content (AvgIpc) is 2.84. The molecule has 4 nitrogen and oxygen atoms in total. The minimum atomic E-state index is 0.455. The van der Waals surface area contributed by atoms with Gasteiger partial charge in [0.05, 0.1) is 18.1 Å². The molecule has 0 bridgehead atoms. The van der Waals surface area contributed by atoms with E-state index in [1.165, 1.54) is 18.5 Å². The van der Waals surface area contributed by atoms with Crippen molar-refractivity contribution in [3.8, 4) is 0 Å². The largest absolute Gasteiger partial charge is 0.381 e. The lowest BCUT2D eigenvalue weighted by atomic mass is 9.88. The van der Waals surface area contributed by atoms with Crippen LogP contribution in [0, 0.1) is 0 Å². The van der Waals surface area contributed by atoms with Gasteiger partial charge in [-0.15, -0.1) is 0 Å². The molecule has 2 aliphatic rings. The monoisotopic (exact) mass is 221 g/mol. The summed E-state index contributed by atoms with van der Waals surface area (Å²) >= 11 is 0. The highest BCUT2D eigenvalue weighted by Gasteiger charge is 2.32. The van der Waals surface area contributed by atoms with Crippen molar-refractivity contribution in [3.05, 3.63) is 18.2 Å². The minimum absolute atomic E-state index is 0.455. The normalized spacial score (nSPS) is 33.9. The zero-order valence-corrected chi connectivity index (χ0v) is 9.72. The van der Waals surface area contributed by atoms with Gasteiger partial charge in [-0.3, -0.25) is 0 Å². The third-order valence-corrected chi connectivity index (χ3v) is 3.91. The van der Waals surface area contributed by atoms with Crippen LogP contribution in [0.3, 0.4) is 0 Å². The molecule has 2 fully saturated rings. The van der Waals surface area contributed by atoms with E-state index in [9.17, 15) is 0 Å². The van der Waals surface area contributed by atoms with E-state index < -0.39 is 0 Å². The number of rotatable bonds is 3. The smallest absolute Gasteiger partial charge is 0.0951 e. The maximum Gasteiger partial charge on any atom is 0.0951 e. The van der Waals surface area contributed by atoms with Crippen molar-refractivity contribution in [2.24, 2.45) is 0 Å². The first-order valence-electron chi connectivity index (χ1n) is 6.16. The van der Waals surface area contributed by atoms with Crippen LogP contribution in [0.15, 0.2) is 12.5 Å². The molecule has 1 unspecified atom stereocenters. The van der Waals surface area contributed by atoms with Gasteiger partial charge in [-0.25, -0.2) is 4.98 Å². The molecule has 2 heterocycles. The Hall–Kier alpha value is -0.870. The highest BCUT2D eigenvalue weighted by Crippen LogP contribution is 2.36. The van der Waals surface area contributed by atoms with Crippen molar-refractivity contribution < 1.29 is 4.74 Å². The molecule has 1 N–H and O–H groups in total. The molecular weight excluding hydrogens is 202 g/mol. The highest BCUT2D eigenvalue weighted by molar-refractivity contribution is 5.10. The second kappa shape index (κ2) is 4.18. The second-order valence-corrected chi connectivity index (χ2v) is 4.86. The zero-order chi connectivity index (χ0) is 11.0. The minimum Gasteiger partial charge on any atom is -0.381 e. The second-order valence-electron chi connectivity index (χ2n) is 4.86. The van der Waals surface area contributed by atoms with Gasteiger partial charge >= 0.3 is 0 Å². The fourth-order valence-electron chi connectivity index (χ4n) is 2.78. The van der Waals surface area contributed by atoms with E-state index in [2.05, 4.69) is 14.9 Å². The molecule has 1 aliphatic carbocycles. The van der Waals surface area contributed by atoms with Crippen LogP contribution in [0.5, 0.6) is 0 Å². The molecule has 1 atom stereocenters. The molecule has 0 spiro atoms. The first kappa shape index (κ1) is 10.3. The van der Waals surface area contributed by atoms with Crippen molar-refractivity contribution in [2.75, 3.05) is 13.7 Å². The maximum atomic E-state index is 5.33. The summed E-state index contributed by atoms with van der Waals surface area (Å²) in [4.78, 5) is 4.30. The molecule has 0 aromatic carbocycles. The summed E-state index contributed by atoms with van der Waals surface area (Å²) in [5.74, 6) is 0. The third kappa shape index (κ3) is 1.66. The molecule has 1 saturated heterocycles. The van der Waals surface area contributed by atoms with Crippen LogP contribution in [0.25, 0.3) is 0 Å². The van der Waals surface area contributed by atoms with Gasteiger partial charge in [0.25, 0.3) is 0 Å². The van der Waals surface area contributed by atoms with Crippen molar-refractivity contribution in [3.63, 3.8) is 0 Å². The van der Waals surface area contributed by atoms with E-state index in [1.54, 1.807) is 7.11 Å². The lowest BCUT2D eigenvalue weighted by Crippen LogP contribution is -2.33. The van der Waals surface area contributed by atoms with Gasteiger partial charge in [0.15, 0.2) is 0 Å². The number of ether oxygens (including phenoxy) is 1. The van der Waals surface area contributed by atoms with Crippen LogP contribution in [-0.2, 0) is 4.74 Å². The van der Waals surface area contributed by atoms with Gasteiger partial charge in [0.2, 0.25) is 0 Å². The van der Waals surface area contributed by atoms with E-state index in [-0.39, 0.29) is 0 Å². The van der Waals surface area contributed by atoms with Crippen LogP contribution >= 0.6 is 0 Å². The average molecular weight is 221 g/mol. The van der Waals surface area contributed by atoms with Crippen molar-refractivity contribution in [1.29, 1.82) is 0 Å². The molecular formula is C12H19N3O. The summed E-state index contributed by atoms with van der Waals surface area (Å²) in [5.41, 5.74) is 1.36. The van der Waals surface area contributed by atoms with Crippen LogP contribution in [0.1, 0.15) is 43.5 Å². The molecule has 3 rings (SSSR count). The third-order valence-electron chi connectivity index (χ3n) is 3.91. The van der Waals surface area contributed by atoms with Gasteiger partial charge in [-0.05, 0) is 32.2 Å². The van der Waals surface area contributed by atoms with Gasteiger partial charge in [-0.2, -0.15) is 0 Å². The molecule has 1 saturated carbocycles. The van der Waals surface area contributed by atoms with E-state index in [0.29, 0.717) is 18.2 Å². The van der Waals surface area contributed by atoms with Crippen LogP contribution < -0.4 is 5.32 Å². The zero-order valence-electron chi connectivity index (χ0n) is 9.72. The molecule has 1 aromatic heterocycles. The molecule has 0 amide bonds. The van der Waals surface area contributed by atoms with E-state index in [1.807, 2.05) is 12.5 Å². The Labute approximate surface area is 96.0 Å². The van der Waals surface area contributed by atoms with Crippen LogP contribution in [-0.4, -0.2) is 29.3 Å². The number of aromatic nitrogens is 2. The van der Waals surface area contributed by atoms with Gasteiger partial charge < -0.3 is 14.6 Å². The summed E-state index contributed by atoms with van der Waals surface area (Å²) in [6.07, 6.45) is 9.23. The summed E-state index contributed by atoms with van der Waals surface area (Å²) < 4.78 is 7.68. The summed E-state index contributed by atoms with van der Waals surface area (Å²) in [6.45, 7) is 1.14. The topological polar surface area (TPSA) is 39.1 Å². The molecule has 88 valence electrons. The summed E-state index contributed by atoms with van der Waals surface area (Å²) in [6, 6.07) is 1.12. The Kier molecular flexibility index (Phi) is 2.69. The van der Waals surface area contributed by atoms with Crippen molar-refractivity contribution in [2.45, 2.75) is 43.9 Å². The molecule has 1 aliphatic heterocycles. The lowest BCUT2D eigenvalue weighted by Gasteiger charge is -2.36. The number of hydrogen-bond acceptors (Lipinski definition) is 3. The van der Waals surface area contributed by atoms with E-state index >= 15 is 0 Å². The SMILES string of the molecule is COC1CC(n2cncc2C2CCCN2)C1. The molecule has 0 radical (unpaired) electrons. The van der Waals surface area contributed by atoms with Gasteiger partial charge in [-0.1, -0.05) is 0 Å². The van der Waals surface area contributed by atoms with Gasteiger partial charge in [0, 0.05) is 25.4 Å². The molecule has 16 heavy (non-hydrogen) atoms. The fraction of sp³-hybridized carbons (Fsp3) is 0.750. The fourth-order valence-corrected chi connectivity index (χ4v) is 2.78. The van der Waals surface area contributed by atoms with Crippen LogP contribution in [0.2, 0.25) is 0 Å². The molecule has 4 heteroatoms. The predicted octanol–water partition coefficient (Wildman–Crippen LogP) is 1.66. The molecule has 1 aromatic rings. The van der Waals surface area contributed by atoms with E-state index in [4.69, 9.17) is 4.74 Å². The quantitative estimate of drug-likeness (QED) is 0.843. The van der Waals surface area contributed by atoms with E-state index in [0.717, 1.165) is 19.4 Å². The van der Waals surface area contributed by atoms with Crippen molar-refractivity contribution in [1.82, 2.24) is 14.9 Å². The Morgan fingerprint density at radius 2 is 2.38 bits per heavy atom. The number of imidazole rings is 1. The number of nitrogens with zero attached hydrogens (tertiary/aromatic N) is 2. The Bertz CT molecular complexity index is 351. The van der Waals surface area contributed by atoms with Crippen LogP contribution in [0.4, 0.5) is 0 Å². The Morgan fingerprint density at radius 3 is 3.06 bits per heavy atom. The van der Waals surface area contributed by atoms with Crippen molar-refractivity contribution >= 4 is 0 Å². The highest BCUT2D eigenvalue weighted by atomic mass is 16.5. The van der Waals surface area contributed by atoms with Gasteiger partial charge in [0.1, 0.15) is 0 Å². The predicted molar refractivity (Wildman–Crippen MR) is 61.3 cm³/mol. The maximum absolute atomic E-state index is 5.33. The Balaban J connectivity index is 1.73. The first-order chi connectivity index (χ1) is 7.88. The Morgan fingerprint density at radius 1 is 1.50 bits per heavy atom. The standard InChI is InChI=1S/C12H19N3O/c1-16-10-5-9(6-10)15-8-13-7-12(15)11-3-2-4-14-11/h7-11,14H,2-6H2,1H3. The summed E-state index contributed by atoms with van der Waals surface area (Å²) in [5, 5.41) is 3.54.